The number of nitro benzene ring substituents is 1. The predicted molar refractivity (Wildman–Crippen MR) is 116 cm³/mol. The molecule has 0 aromatic heterocycles. The van der Waals surface area contributed by atoms with Crippen LogP contribution in [0.5, 0.6) is 5.75 Å². The van der Waals surface area contributed by atoms with Crippen LogP contribution >= 0.6 is 0 Å². The third-order valence-electron chi connectivity index (χ3n) is 4.46. The van der Waals surface area contributed by atoms with E-state index >= 15 is 0 Å². The Labute approximate surface area is 179 Å². The smallest absolute Gasteiger partial charge is 0.278 e. The summed E-state index contributed by atoms with van der Waals surface area (Å²) in [4.78, 5) is 23.2. The normalized spacial score (nSPS) is 11.0. The molecule has 3 rings (SSSR count). The summed E-state index contributed by atoms with van der Waals surface area (Å²) in [5.41, 5.74) is 1.85. The van der Waals surface area contributed by atoms with E-state index in [0.717, 1.165) is 11.1 Å². The molecular formula is C22H20N2O6S. The van der Waals surface area contributed by atoms with Crippen molar-refractivity contribution in [2.45, 2.75) is 18.7 Å². The van der Waals surface area contributed by atoms with Crippen molar-refractivity contribution >= 4 is 27.3 Å². The number of carbonyl (C=O) groups excluding carboxylic acids is 1. The first-order valence-corrected chi connectivity index (χ1v) is 10.7. The minimum atomic E-state index is -4.19. The second-order valence-electron chi connectivity index (χ2n) is 6.85. The largest absolute Gasteiger partial charge is 0.484 e. The summed E-state index contributed by atoms with van der Waals surface area (Å²) in [6.07, 6.45) is 0. The van der Waals surface area contributed by atoms with Crippen molar-refractivity contribution in [1.29, 1.82) is 0 Å². The molecule has 0 saturated carbocycles. The van der Waals surface area contributed by atoms with Crippen LogP contribution in [0, 0.1) is 24.0 Å². The van der Waals surface area contributed by atoms with E-state index in [-0.39, 0.29) is 22.0 Å². The molecule has 0 bridgehead atoms. The van der Waals surface area contributed by atoms with Crippen LogP contribution in [0.1, 0.15) is 11.1 Å². The number of non-ortho nitro benzene ring substituents is 1. The zero-order chi connectivity index (χ0) is 22.6. The van der Waals surface area contributed by atoms with Crippen LogP contribution in [0.15, 0.2) is 77.7 Å². The minimum absolute atomic E-state index is 0.0256. The lowest BCUT2D eigenvalue weighted by molar-refractivity contribution is -0.384. The van der Waals surface area contributed by atoms with Gasteiger partial charge in [-0.1, -0.05) is 35.4 Å². The maximum absolute atomic E-state index is 13.3. The maximum Gasteiger partial charge on any atom is 0.278 e. The summed E-state index contributed by atoms with van der Waals surface area (Å²) >= 11 is 0. The zero-order valence-corrected chi connectivity index (χ0v) is 17.7. The number of carbonyl (C=O) groups is 1. The van der Waals surface area contributed by atoms with Crippen LogP contribution < -0.4 is 9.04 Å². The van der Waals surface area contributed by atoms with Crippen molar-refractivity contribution in [3.05, 3.63) is 94.0 Å². The summed E-state index contributed by atoms with van der Waals surface area (Å²) in [6, 6.07) is 17.8. The van der Waals surface area contributed by atoms with Crippen molar-refractivity contribution in [2.24, 2.45) is 0 Å². The fourth-order valence-corrected chi connectivity index (χ4v) is 4.19. The van der Waals surface area contributed by atoms with Gasteiger partial charge in [-0.3, -0.25) is 14.9 Å². The van der Waals surface area contributed by atoms with Gasteiger partial charge in [-0.05, 0) is 50.2 Å². The summed E-state index contributed by atoms with van der Waals surface area (Å²) in [5, 5.41) is 10.8. The number of aryl methyl sites for hydroxylation is 2. The fourth-order valence-electron chi connectivity index (χ4n) is 2.78. The molecular weight excluding hydrogens is 420 g/mol. The Morgan fingerprint density at radius 2 is 1.42 bits per heavy atom. The molecule has 0 aliphatic carbocycles. The molecule has 0 aliphatic heterocycles. The number of hydrogen-bond acceptors (Lipinski definition) is 6. The average Bonchev–Trinajstić information content (AvgIpc) is 2.74. The molecule has 0 radical (unpaired) electrons. The Morgan fingerprint density at radius 3 is 1.94 bits per heavy atom. The van der Waals surface area contributed by atoms with Gasteiger partial charge in [0.05, 0.1) is 15.5 Å². The third kappa shape index (κ3) is 5.07. The number of sulfonamides is 1. The van der Waals surface area contributed by atoms with Gasteiger partial charge in [-0.15, -0.1) is 0 Å². The summed E-state index contributed by atoms with van der Waals surface area (Å²) in [5.74, 6) is -0.599. The Hall–Kier alpha value is -3.72. The third-order valence-corrected chi connectivity index (χ3v) is 6.23. The van der Waals surface area contributed by atoms with E-state index in [1.54, 1.807) is 36.4 Å². The number of nitrogens with zero attached hydrogens (tertiary/aromatic N) is 2. The monoisotopic (exact) mass is 440 g/mol. The van der Waals surface area contributed by atoms with Crippen LogP contribution in [-0.4, -0.2) is 25.9 Å². The van der Waals surface area contributed by atoms with E-state index in [2.05, 4.69) is 0 Å². The van der Waals surface area contributed by atoms with Crippen molar-refractivity contribution in [3.63, 3.8) is 0 Å². The van der Waals surface area contributed by atoms with Crippen LogP contribution in [-0.2, 0) is 14.8 Å². The highest BCUT2D eigenvalue weighted by Gasteiger charge is 2.31. The molecule has 8 nitrogen and oxygen atoms in total. The van der Waals surface area contributed by atoms with Crippen molar-refractivity contribution in [1.82, 2.24) is 0 Å². The van der Waals surface area contributed by atoms with E-state index in [1.807, 2.05) is 13.8 Å². The molecule has 3 aromatic rings. The van der Waals surface area contributed by atoms with Gasteiger partial charge in [0.1, 0.15) is 5.75 Å². The second kappa shape index (κ2) is 8.97. The second-order valence-corrected chi connectivity index (χ2v) is 8.64. The first-order chi connectivity index (χ1) is 14.7. The number of benzene rings is 3. The van der Waals surface area contributed by atoms with Crippen molar-refractivity contribution < 1.29 is 22.9 Å². The number of amides is 1. The zero-order valence-electron chi connectivity index (χ0n) is 16.9. The standard InChI is InChI=1S/C22H20N2O6S/c1-16-3-7-18(8-4-16)23(31(28,29)21-13-5-17(2)6-14-21)22(25)15-30-20-11-9-19(10-12-20)24(26)27/h3-14H,15H2,1-2H3. The number of ether oxygens (including phenoxy) is 1. The molecule has 31 heavy (non-hydrogen) atoms. The quantitative estimate of drug-likeness (QED) is 0.406. The molecule has 0 spiro atoms. The van der Waals surface area contributed by atoms with E-state index < -0.39 is 27.5 Å². The lowest BCUT2D eigenvalue weighted by Gasteiger charge is -2.23. The minimum Gasteiger partial charge on any atom is -0.484 e. The highest BCUT2D eigenvalue weighted by Crippen LogP contribution is 2.25. The summed E-state index contributed by atoms with van der Waals surface area (Å²) < 4.78 is 32.7. The fraction of sp³-hybridized carbons (Fsp3) is 0.136. The van der Waals surface area contributed by atoms with E-state index in [0.29, 0.717) is 4.31 Å². The number of rotatable bonds is 7. The SMILES string of the molecule is Cc1ccc(N(C(=O)COc2ccc([N+](=O)[O-])cc2)S(=O)(=O)c2ccc(C)cc2)cc1. The Bertz CT molecular complexity index is 1190. The van der Waals surface area contributed by atoms with E-state index in [1.165, 1.54) is 36.4 Å². The predicted octanol–water partition coefficient (Wildman–Crippen LogP) is 4.01. The molecule has 0 heterocycles. The van der Waals surface area contributed by atoms with Gasteiger partial charge in [-0.2, -0.15) is 4.31 Å². The molecule has 0 unspecified atom stereocenters. The topological polar surface area (TPSA) is 107 Å². The number of hydrogen-bond donors (Lipinski definition) is 0. The van der Waals surface area contributed by atoms with Gasteiger partial charge < -0.3 is 4.74 Å². The lowest BCUT2D eigenvalue weighted by atomic mass is 10.2. The average molecular weight is 440 g/mol. The number of anilines is 1. The van der Waals surface area contributed by atoms with Crippen LogP contribution in [0.25, 0.3) is 0 Å². The molecule has 0 saturated heterocycles. The molecule has 0 aliphatic rings. The van der Waals surface area contributed by atoms with Gasteiger partial charge in [0.2, 0.25) is 0 Å². The summed E-state index contributed by atoms with van der Waals surface area (Å²) in [7, 11) is -4.19. The highest BCUT2D eigenvalue weighted by molar-refractivity contribution is 7.93. The molecule has 0 atom stereocenters. The Balaban J connectivity index is 1.90. The van der Waals surface area contributed by atoms with Crippen LogP contribution in [0.2, 0.25) is 0 Å². The first-order valence-electron chi connectivity index (χ1n) is 9.27. The molecule has 0 fully saturated rings. The molecule has 160 valence electrons. The van der Waals surface area contributed by atoms with E-state index in [9.17, 15) is 23.3 Å². The van der Waals surface area contributed by atoms with E-state index in [4.69, 9.17) is 4.74 Å². The molecule has 1 amide bonds. The van der Waals surface area contributed by atoms with Crippen LogP contribution in [0.3, 0.4) is 0 Å². The maximum atomic E-state index is 13.3. The van der Waals surface area contributed by atoms with Gasteiger partial charge in [0, 0.05) is 12.1 Å². The molecule has 9 heteroatoms. The Morgan fingerprint density at radius 1 is 0.903 bits per heavy atom. The molecule has 0 N–H and O–H groups in total. The van der Waals surface area contributed by atoms with Crippen LogP contribution in [0.4, 0.5) is 11.4 Å². The lowest BCUT2D eigenvalue weighted by Crippen LogP contribution is -2.40. The Kier molecular flexibility index (Phi) is 6.36. The van der Waals surface area contributed by atoms with Crippen molar-refractivity contribution in [2.75, 3.05) is 10.9 Å². The highest BCUT2D eigenvalue weighted by atomic mass is 32.2. The van der Waals surface area contributed by atoms with Gasteiger partial charge in [0.25, 0.3) is 21.6 Å². The number of nitro groups is 1. The first kappa shape index (κ1) is 22.0. The molecule has 3 aromatic carbocycles. The van der Waals surface area contributed by atoms with Crippen molar-refractivity contribution in [3.8, 4) is 5.75 Å². The summed E-state index contributed by atoms with van der Waals surface area (Å²) in [6.45, 7) is 3.11. The van der Waals surface area contributed by atoms with Gasteiger partial charge in [-0.25, -0.2) is 8.42 Å². The van der Waals surface area contributed by atoms with Gasteiger partial charge in [0.15, 0.2) is 6.61 Å². The van der Waals surface area contributed by atoms with Gasteiger partial charge >= 0.3 is 0 Å².